The lowest BCUT2D eigenvalue weighted by Crippen LogP contribution is -2.45. The highest BCUT2D eigenvalue weighted by molar-refractivity contribution is 14.1. The highest BCUT2D eigenvalue weighted by Crippen LogP contribution is 2.19. The third-order valence-electron chi connectivity index (χ3n) is 2.80. The molecule has 0 saturated carbocycles. The van der Waals surface area contributed by atoms with Crippen molar-refractivity contribution in [2.75, 3.05) is 0 Å². The summed E-state index contributed by atoms with van der Waals surface area (Å²) in [6, 6.07) is 16.0. The van der Waals surface area contributed by atoms with Gasteiger partial charge in [-0.15, -0.1) is 10.2 Å². The van der Waals surface area contributed by atoms with E-state index in [1.165, 1.54) is 0 Å². The Morgan fingerprint density at radius 2 is 1.30 bits per heavy atom. The van der Waals surface area contributed by atoms with Crippen LogP contribution in [0.15, 0.2) is 58.7 Å². The maximum absolute atomic E-state index is 4.30. The summed E-state index contributed by atoms with van der Waals surface area (Å²) in [5.74, 6) is 1.45. The van der Waals surface area contributed by atoms with Crippen LogP contribution in [0.5, 0.6) is 0 Å². The second kappa shape index (κ2) is 6.08. The van der Waals surface area contributed by atoms with Crippen LogP contribution >= 0.6 is 45.2 Å². The van der Waals surface area contributed by atoms with Crippen LogP contribution in [0.25, 0.3) is 0 Å². The monoisotopic (exact) mass is 488 g/mol. The largest absolute Gasteiger partial charge is 0.281 e. The van der Waals surface area contributed by atoms with Gasteiger partial charge in [0, 0.05) is 18.3 Å². The molecule has 1 aliphatic heterocycles. The molecule has 2 aromatic rings. The number of rotatable bonds is 2. The Balaban J connectivity index is 1.96. The van der Waals surface area contributed by atoms with E-state index in [0.29, 0.717) is 0 Å². The van der Waals surface area contributed by atoms with Crippen LogP contribution in [-0.2, 0) is 0 Å². The van der Waals surface area contributed by atoms with Crippen molar-refractivity contribution in [2.24, 2.45) is 10.2 Å². The summed E-state index contributed by atoms with van der Waals surface area (Å²) in [7, 11) is 0. The second-order valence-electron chi connectivity index (χ2n) is 4.11. The second-order valence-corrected chi connectivity index (χ2v) is 6.43. The topological polar surface area (TPSA) is 48.8 Å². The Morgan fingerprint density at radius 1 is 0.700 bits per heavy atom. The smallest absolute Gasteiger partial charge is 0.176 e. The number of benzene rings is 2. The molecule has 1 aliphatic rings. The van der Waals surface area contributed by atoms with Crippen molar-refractivity contribution in [3.05, 3.63) is 66.8 Å². The third kappa shape index (κ3) is 2.80. The minimum absolute atomic E-state index is 0.718. The minimum Gasteiger partial charge on any atom is -0.281 e. The van der Waals surface area contributed by atoms with Gasteiger partial charge in [-0.05, 0) is 57.3 Å². The van der Waals surface area contributed by atoms with E-state index in [0.717, 1.165) is 29.9 Å². The summed E-state index contributed by atoms with van der Waals surface area (Å²) in [6.45, 7) is 0. The van der Waals surface area contributed by atoms with Gasteiger partial charge in [0.05, 0.1) is 0 Å². The van der Waals surface area contributed by atoms with Gasteiger partial charge in [-0.1, -0.05) is 36.4 Å². The quantitative estimate of drug-likeness (QED) is 0.639. The van der Waals surface area contributed by atoms with Gasteiger partial charge in [0.1, 0.15) is 0 Å². The minimum atomic E-state index is 0.718. The van der Waals surface area contributed by atoms with Crippen LogP contribution in [0.3, 0.4) is 0 Å². The highest BCUT2D eigenvalue weighted by Gasteiger charge is 2.16. The fourth-order valence-corrected chi connectivity index (χ4v) is 3.85. The van der Waals surface area contributed by atoms with E-state index in [1.807, 2.05) is 36.4 Å². The van der Waals surface area contributed by atoms with Crippen LogP contribution in [0.1, 0.15) is 11.1 Å². The molecule has 0 atom stereocenters. The number of nitrogens with zero attached hydrogens (tertiary/aromatic N) is 2. The molecule has 0 bridgehead atoms. The SMILES string of the molecule is Ic1cccc(I)c1C1=NN=C(c2ccccc2)NN1. The van der Waals surface area contributed by atoms with Gasteiger partial charge in [-0.25, -0.2) is 0 Å². The summed E-state index contributed by atoms with van der Waals surface area (Å²) in [6.07, 6.45) is 0. The molecule has 6 heteroatoms. The maximum Gasteiger partial charge on any atom is 0.176 e. The van der Waals surface area contributed by atoms with Gasteiger partial charge >= 0.3 is 0 Å². The van der Waals surface area contributed by atoms with E-state index in [1.54, 1.807) is 0 Å². The van der Waals surface area contributed by atoms with Crippen LogP contribution in [0.2, 0.25) is 0 Å². The molecule has 0 unspecified atom stereocenters. The molecule has 20 heavy (non-hydrogen) atoms. The van der Waals surface area contributed by atoms with Crippen molar-refractivity contribution in [1.29, 1.82) is 0 Å². The number of amidine groups is 2. The average Bonchev–Trinajstić information content (AvgIpc) is 2.49. The molecule has 2 aromatic carbocycles. The Kier molecular flexibility index (Phi) is 4.20. The molecule has 3 rings (SSSR count). The standard InChI is InChI=1S/C14H10I2N4/c15-10-7-4-8-11(16)12(10)14-19-17-13(18-20-14)9-5-2-1-3-6-9/h1-8H,(H,17,18)(H,19,20). The fraction of sp³-hybridized carbons (Fsp3) is 0. The van der Waals surface area contributed by atoms with Crippen LogP contribution in [0, 0.1) is 7.14 Å². The van der Waals surface area contributed by atoms with E-state index in [9.17, 15) is 0 Å². The Morgan fingerprint density at radius 3 is 1.90 bits per heavy atom. The van der Waals surface area contributed by atoms with Crippen molar-refractivity contribution in [2.45, 2.75) is 0 Å². The summed E-state index contributed by atoms with van der Waals surface area (Å²) in [5, 5.41) is 8.56. The first-order valence-corrected chi connectivity index (χ1v) is 8.09. The van der Waals surface area contributed by atoms with Crippen molar-refractivity contribution >= 4 is 56.9 Å². The zero-order valence-electron chi connectivity index (χ0n) is 10.3. The first-order valence-electron chi connectivity index (χ1n) is 5.93. The van der Waals surface area contributed by atoms with Crippen molar-refractivity contribution in [1.82, 2.24) is 10.9 Å². The molecular formula is C14H10I2N4. The average molecular weight is 488 g/mol. The Bertz CT molecular complexity index is 675. The zero-order valence-corrected chi connectivity index (χ0v) is 14.6. The molecule has 100 valence electrons. The molecule has 2 N–H and O–H groups in total. The predicted molar refractivity (Wildman–Crippen MR) is 97.7 cm³/mol. The van der Waals surface area contributed by atoms with Gasteiger partial charge in [0.25, 0.3) is 0 Å². The summed E-state index contributed by atoms with van der Waals surface area (Å²) >= 11 is 4.61. The number of hydrogen-bond acceptors (Lipinski definition) is 4. The van der Waals surface area contributed by atoms with E-state index in [-0.39, 0.29) is 0 Å². The van der Waals surface area contributed by atoms with Crippen LogP contribution in [-0.4, -0.2) is 11.7 Å². The third-order valence-corrected chi connectivity index (χ3v) is 4.59. The van der Waals surface area contributed by atoms with Crippen molar-refractivity contribution in [3.63, 3.8) is 0 Å². The molecule has 0 fully saturated rings. The predicted octanol–water partition coefficient (Wildman–Crippen LogP) is 3.11. The maximum atomic E-state index is 4.30. The molecule has 0 radical (unpaired) electrons. The molecule has 0 aromatic heterocycles. The van der Waals surface area contributed by atoms with Gasteiger partial charge < -0.3 is 0 Å². The molecular weight excluding hydrogens is 478 g/mol. The van der Waals surface area contributed by atoms with Gasteiger partial charge in [0.2, 0.25) is 0 Å². The van der Waals surface area contributed by atoms with E-state index >= 15 is 0 Å². The molecule has 0 saturated heterocycles. The van der Waals surface area contributed by atoms with E-state index < -0.39 is 0 Å². The van der Waals surface area contributed by atoms with Crippen molar-refractivity contribution < 1.29 is 0 Å². The number of halogens is 2. The summed E-state index contributed by atoms with van der Waals surface area (Å²) in [5.41, 5.74) is 8.29. The first kappa shape index (κ1) is 13.8. The van der Waals surface area contributed by atoms with Gasteiger partial charge in [0.15, 0.2) is 11.7 Å². The van der Waals surface area contributed by atoms with Gasteiger partial charge in [-0.3, -0.25) is 10.9 Å². The Labute approximate surface area is 144 Å². The number of hydrogen-bond donors (Lipinski definition) is 2. The van der Waals surface area contributed by atoms with Gasteiger partial charge in [-0.2, -0.15) is 0 Å². The highest BCUT2D eigenvalue weighted by atomic mass is 127. The fourth-order valence-electron chi connectivity index (χ4n) is 1.83. The van der Waals surface area contributed by atoms with Crippen LogP contribution in [0.4, 0.5) is 0 Å². The van der Waals surface area contributed by atoms with E-state index in [4.69, 9.17) is 0 Å². The van der Waals surface area contributed by atoms with Crippen molar-refractivity contribution in [3.8, 4) is 0 Å². The molecule has 4 nitrogen and oxygen atoms in total. The Hall–Kier alpha value is -1.16. The number of hydrazine groups is 1. The first-order chi connectivity index (χ1) is 9.75. The lowest BCUT2D eigenvalue weighted by Gasteiger charge is -2.18. The number of nitrogens with one attached hydrogen (secondary N) is 2. The molecule has 0 spiro atoms. The molecule has 0 aliphatic carbocycles. The normalized spacial score (nSPS) is 13.9. The van der Waals surface area contributed by atoms with Crippen LogP contribution < -0.4 is 10.9 Å². The summed E-state index contributed by atoms with van der Waals surface area (Å²) < 4.78 is 2.28. The summed E-state index contributed by atoms with van der Waals surface area (Å²) in [4.78, 5) is 0. The lowest BCUT2D eigenvalue weighted by molar-refractivity contribution is 0.824. The zero-order chi connectivity index (χ0) is 13.9. The molecule has 1 heterocycles. The molecule has 0 amide bonds. The lowest BCUT2D eigenvalue weighted by atomic mass is 10.2. The van der Waals surface area contributed by atoms with E-state index in [2.05, 4.69) is 78.4 Å².